The Kier molecular flexibility index (Phi) is 6.22. The van der Waals surface area contributed by atoms with Crippen LogP contribution in [0, 0.1) is 0 Å². The van der Waals surface area contributed by atoms with Crippen LogP contribution in [0.5, 0.6) is 0 Å². The molecule has 1 aromatic heterocycles. The molecule has 1 saturated heterocycles. The Bertz CT molecular complexity index is 1120. The van der Waals surface area contributed by atoms with Crippen molar-refractivity contribution < 1.29 is 14.4 Å². The molecule has 0 saturated carbocycles. The van der Waals surface area contributed by atoms with Crippen LogP contribution in [-0.2, 0) is 16.0 Å². The maximum Gasteiger partial charge on any atom is 0.344 e. The highest BCUT2D eigenvalue weighted by atomic mass is 32.2. The van der Waals surface area contributed by atoms with Gasteiger partial charge in [0.15, 0.2) is 5.16 Å². The molecule has 2 aromatic carbocycles. The molecule has 0 spiro atoms. The maximum atomic E-state index is 12.9. The standard InChI is InChI=1S/C22H22N6O3S/c1-22(13-12-16-8-4-2-5-9-16)19(30)28(20(31)24-22)26-18(29)14-32-21-25-23-15-27(21)17-10-6-3-7-11-17/h2-11,15H,12-14H2,1H3,(H,24,31)(H,26,29)/t22-/m1/s1. The Morgan fingerprint density at radius 1 is 1.09 bits per heavy atom. The van der Waals surface area contributed by atoms with Crippen LogP contribution in [0.2, 0.25) is 0 Å². The van der Waals surface area contributed by atoms with Crippen LogP contribution in [0.1, 0.15) is 18.9 Å². The second kappa shape index (κ2) is 9.23. The maximum absolute atomic E-state index is 12.9. The van der Waals surface area contributed by atoms with Crippen LogP contribution >= 0.6 is 11.8 Å². The summed E-state index contributed by atoms with van der Waals surface area (Å²) in [5.41, 5.74) is 3.26. The lowest BCUT2D eigenvalue weighted by molar-refractivity contribution is -0.138. The minimum Gasteiger partial charge on any atom is -0.322 e. The molecule has 4 rings (SSSR count). The van der Waals surface area contributed by atoms with Crippen LogP contribution in [-0.4, -0.2) is 48.9 Å². The fraction of sp³-hybridized carbons (Fsp3) is 0.227. The number of hydrogen-bond donors (Lipinski definition) is 2. The van der Waals surface area contributed by atoms with Gasteiger partial charge in [-0.15, -0.1) is 10.2 Å². The van der Waals surface area contributed by atoms with E-state index >= 15 is 0 Å². The van der Waals surface area contributed by atoms with E-state index in [1.807, 2.05) is 60.7 Å². The lowest BCUT2D eigenvalue weighted by Crippen LogP contribution is -2.49. The van der Waals surface area contributed by atoms with E-state index in [-0.39, 0.29) is 5.75 Å². The summed E-state index contributed by atoms with van der Waals surface area (Å²) in [6.45, 7) is 1.67. The zero-order chi connectivity index (χ0) is 22.6. The number of hydrazine groups is 1. The Morgan fingerprint density at radius 2 is 1.78 bits per heavy atom. The molecule has 32 heavy (non-hydrogen) atoms. The monoisotopic (exact) mass is 450 g/mol. The number of aromatic nitrogens is 3. The summed E-state index contributed by atoms with van der Waals surface area (Å²) in [5, 5.41) is 11.9. The molecule has 2 N–H and O–H groups in total. The number of nitrogens with one attached hydrogen (secondary N) is 2. The minimum absolute atomic E-state index is 0.0384. The molecule has 0 radical (unpaired) electrons. The van der Waals surface area contributed by atoms with E-state index in [1.165, 1.54) is 0 Å². The van der Waals surface area contributed by atoms with Gasteiger partial charge in [0, 0.05) is 5.69 Å². The number of nitrogens with zero attached hydrogens (tertiary/aromatic N) is 4. The fourth-order valence-corrected chi connectivity index (χ4v) is 4.09. The number of amides is 4. The largest absolute Gasteiger partial charge is 0.344 e. The molecule has 1 fully saturated rings. The number of rotatable bonds is 8. The SMILES string of the molecule is C[C@]1(CCc2ccccc2)NC(=O)N(NC(=O)CSc2nncn2-c2ccccc2)C1=O. The first kappa shape index (κ1) is 21.6. The van der Waals surface area contributed by atoms with Crippen LogP contribution in [0.15, 0.2) is 72.1 Å². The highest BCUT2D eigenvalue weighted by molar-refractivity contribution is 7.99. The quantitative estimate of drug-likeness (QED) is 0.403. The van der Waals surface area contributed by atoms with Crippen LogP contribution in [0.25, 0.3) is 5.69 Å². The molecular formula is C22H22N6O3S. The lowest BCUT2D eigenvalue weighted by Gasteiger charge is -2.21. The van der Waals surface area contributed by atoms with Crippen molar-refractivity contribution in [2.75, 3.05) is 5.75 Å². The predicted octanol–water partition coefficient (Wildman–Crippen LogP) is 2.33. The molecule has 2 heterocycles. The second-order valence-electron chi connectivity index (χ2n) is 7.53. The first-order chi connectivity index (χ1) is 15.5. The van der Waals surface area contributed by atoms with E-state index in [0.717, 1.165) is 28.0 Å². The van der Waals surface area contributed by atoms with Gasteiger partial charge in [-0.05, 0) is 37.5 Å². The van der Waals surface area contributed by atoms with Gasteiger partial charge in [0.1, 0.15) is 11.9 Å². The van der Waals surface area contributed by atoms with Crippen molar-refractivity contribution in [2.45, 2.75) is 30.5 Å². The molecule has 0 bridgehead atoms. The number of carbonyl (C=O) groups excluding carboxylic acids is 3. The van der Waals surface area contributed by atoms with E-state index in [9.17, 15) is 14.4 Å². The van der Waals surface area contributed by atoms with Crippen LogP contribution in [0.3, 0.4) is 0 Å². The van der Waals surface area contributed by atoms with E-state index in [2.05, 4.69) is 20.9 Å². The predicted molar refractivity (Wildman–Crippen MR) is 119 cm³/mol. The van der Waals surface area contributed by atoms with Crippen molar-refractivity contribution in [3.05, 3.63) is 72.6 Å². The van der Waals surface area contributed by atoms with Crippen LogP contribution in [0.4, 0.5) is 4.79 Å². The smallest absolute Gasteiger partial charge is 0.322 e. The fourth-order valence-electron chi connectivity index (χ4n) is 3.37. The first-order valence-corrected chi connectivity index (χ1v) is 11.0. The zero-order valence-corrected chi connectivity index (χ0v) is 18.2. The normalized spacial score (nSPS) is 18.0. The molecule has 4 amide bonds. The Labute approximate surface area is 189 Å². The van der Waals surface area contributed by atoms with Gasteiger partial charge in [-0.2, -0.15) is 5.01 Å². The Morgan fingerprint density at radius 3 is 2.50 bits per heavy atom. The Hall–Kier alpha value is -3.66. The summed E-state index contributed by atoms with van der Waals surface area (Å²) in [6, 6.07) is 18.6. The van der Waals surface area contributed by atoms with E-state index in [4.69, 9.17) is 0 Å². The third-order valence-corrected chi connectivity index (χ3v) is 6.08. The molecule has 0 aliphatic carbocycles. The second-order valence-corrected chi connectivity index (χ2v) is 8.47. The molecule has 164 valence electrons. The molecule has 1 aliphatic rings. The van der Waals surface area contributed by atoms with E-state index in [1.54, 1.807) is 17.8 Å². The van der Waals surface area contributed by atoms with Crippen molar-refractivity contribution in [3.63, 3.8) is 0 Å². The average molecular weight is 451 g/mol. The summed E-state index contributed by atoms with van der Waals surface area (Å²) < 4.78 is 1.76. The number of benzene rings is 2. The van der Waals surface area contributed by atoms with Crippen molar-refractivity contribution in [1.29, 1.82) is 0 Å². The Balaban J connectivity index is 1.34. The number of para-hydroxylation sites is 1. The molecule has 10 heteroatoms. The number of thioether (sulfide) groups is 1. The average Bonchev–Trinajstić information content (AvgIpc) is 3.36. The van der Waals surface area contributed by atoms with Crippen molar-refractivity contribution in [2.24, 2.45) is 0 Å². The minimum atomic E-state index is -1.08. The topological polar surface area (TPSA) is 109 Å². The van der Waals surface area contributed by atoms with Gasteiger partial charge in [0.05, 0.1) is 5.75 Å². The van der Waals surface area contributed by atoms with Gasteiger partial charge in [-0.3, -0.25) is 19.6 Å². The summed E-state index contributed by atoms with van der Waals surface area (Å²) >= 11 is 1.16. The number of aryl methyl sites for hydroxylation is 1. The van der Waals surface area contributed by atoms with E-state index in [0.29, 0.717) is 18.0 Å². The molecule has 0 unspecified atom stereocenters. The lowest BCUT2D eigenvalue weighted by atomic mass is 9.93. The number of urea groups is 1. The van der Waals surface area contributed by atoms with Gasteiger partial charge in [0.2, 0.25) is 5.91 Å². The van der Waals surface area contributed by atoms with Crippen molar-refractivity contribution >= 4 is 29.6 Å². The van der Waals surface area contributed by atoms with Gasteiger partial charge >= 0.3 is 6.03 Å². The van der Waals surface area contributed by atoms with Gasteiger partial charge in [-0.25, -0.2) is 4.79 Å². The molecule has 3 aromatic rings. The van der Waals surface area contributed by atoms with Gasteiger partial charge < -0.3 is 5.32 Å². The summed E-state index contributed by atoms with van der Waals surface area (Å²) in [7, 11) is 0. The summed E-state index contributed by atoms with van der Waals surface area (Å²) in [5.74, 6) is -1.01. The van der Waals surface area contributed by atoms with Crippen molar-refractivity contribution in [3.8, 4) is 5.69 Å². The highest BCUT2D eigenvalue weighted by Crippen LogP contribution is 2.23. The number of carbonyl (C=O) groups is 3. The van der Waals surface area contributed by atoms with Gasteiger partial charge in [0.25, 0.3) is 5.91 Å². The molecular weight excluding hydrogens is 428 g/mol. The number of hydrogen-bond acceptors (Lipinski definition) is 6. The summed E-state index contributed by atoms with van der Waals surface area (Å²) in [6.07, 6.45) is 2.60. The van der Waals surface area contributed by atoms with Gasteiger partial charge in [-0.1, -0.05) is 60.3 Å². The van der Waals surface area contributed by atoms with E-state index < -0.39 is 23.4 Å². The summed E-state index contributed by atoms with van der Waals surface area (Å²) in [4.78, 5) is 37.7. The third kappa shape index (κ3) is 4.65. The third-order valence-electron chi connectivity index (χ3n) is 5.14. The highest BCUT2D eigenvalue weighted by Gasteiger charge is 2.48. The molecule has 1 aliphatic heterocycles. The van der Waals surface area contributed by atoms with Crippen LogP contribution < -0.4 is 10.7 Å². The molecule has 9 nitrogen and oxygen atoms in total. The first-order valence-electron chi connectivity index (χ1n) is 10.0. The number of imide groups is 1. The van der Waals surface area contributed by atoms with Crippen molar-refractivity contribution in [1.82, 2.24) is 30.5 Å². The molecule has 1 atom stereocenters. The zero-order valence-electron chi connectivity index (χ0n) is 17.4.